The number of nitrogens with two attached hydrogens (primary N) is 1. The van der Waals surface area contributed by atoms with Crippen molar-refractivity contribution in [3.05, 3.63) is 36.7 Å². The minimum atomic E-state index is 0.518. The van der Waals surface area contributed by atoms with Gasteiger partial charge in [0.2, 0.25) is 0 Å². The van der Waals surface area contributed by atoms with E-state index in [9.17, 15) is 0 Å². The summed E-state index contributed by atoms with van der Waals surface area (Å²) in [6, 6.07) is 8.06. The summed E-state index contributed by atoms with van der Waals surface area (Å²) in [5.41, 5.74) is 9.84. The van der Waals surface area contributed by atoms with Crippen molar-refractivity contribution >= 4 is 22.4 Å². The van der Waals surface area contributed by atoms with Crippen molar-refractivity contribution in [3.63, 3.8) is 0 Å². The maximum Gasteiger partial charge on any atom is 0.153 e. The van der Waals surface area contributed by atoms with Gasteiger partial charge in [-0.3, -0.25) is 10.1 Å². The van der Waals surface area contributed by atoms with Crippen molar-refractivity contribution in [2.45, 2.75) is 0 Å². The van der Waals surface area contributed by atoms with E-state index in [1.165, 1.54) is 0 Å². The molecule has 2 heterocycles. The molecule has 0 unspecified atom stereocenters. The number of aromatic nitrogens is 3. The lowest BCUT2D eigenvalue weighted by Crippen LogP contribution is -1.90. The van der Waals surface area contributed by atoms with E-state index < -0.39 is 0 Å². The normalized spacial score (nSPS) is 10.7. The van der Waals surface area contributed by atoms with Gasteiger partial charge < -0.3 is 11.1 Å². The summed E-state index contributed by atoms with van der Waals surface area (Å²) in [6.45, 7) is 0. The van der Waals surface area contributed by atoms with E-state index in [1.807, 2.05) is 37.5 Å². The molecule has 0 saturated heterocycles. The molecule has 0 saturated carbocycles. The van der Waals surface area contributed by atoms with Gasteiger partial charge in [-0.25, -0.2) is 0 Å². The van der Waals surface area contributed by atoms with E-state index >= 15 is 0 Å². The van der Waals surface area contributed by atoms with Gasteiger partial charge >= 0.3 is 0 Å². The van der Waals surface area contributed by atoms with Crippen LogP contribution in [0.25, 0.3) is 22.0 Å². The highest BCUT2D eigenvalue weighted by atomic mass is 15.1. The number of benzene rings is 1. The second kappa shape index (κ2) is 4.03. The van der Waals surface area contributed by atoms with Gasteiger partial charge in [-0.1, -0.05) is 6.07 Å². The highest BCUT2D eigenvalue weighted by molar-refractivity contribution is 5.92. The molecular formula is C13H13N5. The molecule has 4 N–H and O–H groups in total. The zero-order chi connectivity index (χ0) is 12.5. The molecular weight excluding hydrogens is 226 g/mol. The first-order chi connectivity index (χ1) is 8.78. The molecule has 0 bridgehead atoms. The van der Waals surface area contributed by atoms with E-state index in [0.717, 1.165) is 27.7 Å². The Morgan fingerprint density at radius 2 is 2.06 bits per heavy atom. The Kier molecular flexibility index (Phi) is 2.37. The van der Waals surface area contributed by atoms with E-state index in [1.54, 1.807) is 6.20 Å². The van der Waals surface area contributed by atoms with Crippen LogP contribution in [-0.4, -0.2) is 22.2 Å². The molecule has 5 nitrogen and oxygen atoms in total. The largest absolute Gasteiger partial charge is 0.387 e. The molecule has 18 heavy (non-hydrogen) atoms. The SMILES string of the molecule is CNc1cncc(-c2ccc3[nH]nc(N)c3c2)c1. The molecule has 3 rings (SSSR count). The Balaban J connectivity index is 2.15. The number of H-pyrrole nitrogens is 1. The van der Waals surface area contributed by atoms with E-state index in [2.05, 4.69) is 20.5 Å². The Labute approximate surface area is 104 Å². The van der Waals surface area contributed by atoms with Gasteiger partial charge in [0.25, 0.3) is 0 Å². The van der Waals surface area contributed by atoms with Crippen molar-refractivity contribution in [2.75, 3.05) is 18.1 Å². The molecule has 0 atom stereocenters. The van der Waals surface area contributed by atoms with Crippen LogP contribution < -0.4 is 11.1 Å². The van der Waals surface area contributed by atoms with Crippen LogP contribution in [0.4, 0.5) is 11.5 Å². The third kappa shape index (κ3) is 1.66. The number of fused-ring (bicyclic) bond motifs is 1. The number of pyridine rings is 1. The number of nitrogens with one attached hydrogen (secondary N) is 2. The minimum absolute atomic E-state index is 0.518. The lowest BCUT2D eigenvalue weighted by atomic mass is 10.1. The predicted molar refractivity (Wildman–Crippen MR) is 73.3 cm³/mol. The van der Waals surface area contributed by atoms with E-state index in [-0.39, 0.29) is 0 Å². The van der Waals surface area contributed by atoms with Gasteiger partial charge in [0.05, 0.1) is 11.2 Å². The fraction of sp³-hybridized carbons (Fsp3) is 0.0769. The van der Waals surface area contributed by atoms with Crippen LogP contribution in [0.3, 0.4) is 0 Å². The molecule has 3 aromatic rings. The van der Waals surface area contributed by atoms with Crippen molar-refractivity contribution in [1.29, 1.82) is 0 Å². The first-order valence-corrected chi connectivity index (χ1v) is 5.65. The molecule has 2 aromatic heterocycles. The van der Waals surface area contributed by atoms with Crippen molar-refractivity contribution in [3.8, 4) is 11.1 Å². The average Bonchev–Trinajstić information content (AvgIpc) is 2.80. The molecule has 90 valence electrons. The van der Waals surface area contributed by atoms with Crippen molar-refractivity contribution < 1.29 is 0 Å². The number of aromatic amines is 1. The number of hydrogen-bond acceptors (Lipinski definition) is 4. The van der Waals surface area contributed by atoms with Gasteiger partial charge in [0.1, 0.15) is 0 Å². The maximum atomic E-state index is 5.81. The van der Waals surface area contributed by atoms with Crippen LogP contribution >= 0.6 is 0 Å². The second-order valence-electron chi connectivity index (χ2n) is 4.08. The number of anilines is 2. The Bertz CT molecular complexity index is 701. The number of hydrogen-bond donors (Lipinski definition) is 3. The monoisotopic (exact) mass is 239 g/mol. The minimum Gasteiger partial charge on any atom is -0.387 e. The fourth-order valence-corrected chi connectivity index (χ4v) is 1.95. The van der Waals surface area contributed by atoms with E-state index in [0.29, 0.717) is 5.82 Å². The lowest BCUT2D eigenvalue weighted by molar-refractivity contribution is 1.13. The Morgan fingerprint density at radius 3 is 2.89 bits per heavy atom. The average molecular weight is 239 g/mol. The molecule has 5 heteroatoms. The van der Waals surface area contributed by atoms with Crippen molar-refractivity contribution in [1.82, 2.24) is 15.2 Å². The summed E-state index contributed by atoms with van der Waals surface area (Å²) >= 11 is 0. The zero-order valence-corrected chi connectivity index (χ0v) is 9.94. The predicted octanol–water partition coefficient (Wildman–Crippen LogP) is 2.25. The van der Waals surface area contributed by atoms with E-state index in [4.69, 9.17) is 5.73 Å². The molecule has 0 fully saturated rings. The number of nitrogen functional groups attached to an aromatic ring is 1. The molecule has 1 aromatic carbocycles. The fourth-order valence-electron chi connectivity index (χ4n) is 1.95. The van der Waals surface area contributed by atoms with Crippen LogP contribution in [0, 0.1) is 0 Å². The quantitative estimate of drug-likeness (QED) is 0.640. The van der Waals surface area contributed by atoms with Crippen LogP contribution in [0.2, 0.25) is 0 Å². The molecule has 0 aliphatic carbocycles. The summed E-state index contributed by atoms with van der Waals surface area (Å²) in [7, 11) is 1.87. The molecule has 0 aliphatic rings. The summed E-state index contributed by atoms with van der Waals surface area (Å²) < 4.78 is 0. The van der Waals surface area contributed by atoms with Gasteiger partial charge in [0, 0.05) is 30.4 Å². The molecule has 0 spiro atoms. The summed E-state index contributed by atoms with van der Waals surface area (Å²) in [5, 5.41) is 10.9. The third-order valence-electron chi connectivity index (χ3n) is 2.95. The zero-order valence-electron chi connectivity index (χ0n) is 9.94. The maximum absolute atomic E-state index is 5.81. The summed E-state index contributed by atoms with van der Waals surface area (Å²) in [4.78, 5) is 4.20. The van der Waals surface area contributed by atoms with Gasteiger partial charge in [0.15, 0.2) is 5.82 Å². The Morgan fingerprint density at radius 1 is 1.17 bits per heavy atom. The van der Waals surface area contributed by atoms with Crippen LogP contribution in [0.15, 0.2) is 36.7 Å². The first-order valence-electron chi connectivity index (χ1n) is 5.65. The lowest BCUT2D eigenvalue weighted by Gasteiger charge is -2.04. The summed E-state index contributed by atoms with van der Waals surface area (Å²) in [6.07, 6.45) is 3.62. The second-order valence-corrected chi connectivity index (χ2v) is 4.08. The summed E-state index contributed by atoms with van der Waals surface area (Å²) in [5.74, 6) is 0.518. The third-order valence-corrected chi connectivity index (χ3v) is 2.95. The number of rotatable bonds is 2. The first kappa shape index (κ1) is 10.6. The smallest absolute Gasteiger partial charge is 0.153 e. The molecule has 0 aliphatic heterocycles. The topological polar surface area (TPSA) is 79.6 Å². The van der Waals surface area contributed by atoms with Crippen LogP contribution in [0.1, 0.15) is 0 Å². The molecule has 0 radical (unpaired) electrons. The van der Waals surface area contributed by atoms with Crippen LogP contribution in [0.5, 0.6) is 0 Å². The van der Waals surface area contributed by atoms with Crippen molar-refractivity contribution in [2.24, 2.45) is 0 Å². The van der Waals surface area contributed by atoms with Gasteiger partial charge in [-0.15, -0.1) is 0 Å². The highest BCUT2D eigenvalue weighted by Gasteiger charge is 2.05. The standard InChI is InChI=1S/C13H13N5/c1-15-10-4-9(6-16-7-10)8-2-3-12-11(5-8)13(14)18-17-12/h2-7,15H,1H3,(H3,14,17,18). The van der Waals surface area contributed by atoms with Gasteiger partial charge in [-0.05, 0) is 23.8 Å². The Hall–Kier alpha value is -2.56. The van der Waals surface area contributed by atoms with Crippen LogP contribution in [-0.2, 0) is 0 Å². The highest BCUT2D eigenvalue weighted by Crippen LogP contribution is 2.26. The molecule has 0 amide bonds. The number of nitrogens with zero attached hydrogens (tertiary/aromatic N) is 2. The van der Waals surface area contributed by atoms with Gasteiger partial charge in [-0.2, -0.15) is 5.10 Å².